The summed E-state index contributed by atoms with van der Waals surface area (Å²) in [5.41, 5.74) is 3.16. The van der Waals surface area contributed by atoms with Gasteiger partial charge in [-0.05, 0) is 25.1 Å². The number of aryl methyl sites for hydroxylation is 1. The maximum Gasteiger partial charge on any atom is 0.257 e. The fourth-order valence-corrected chi connectivity index (χ4v) is 4.24. The minimum atomic E-state index is -3.62. The lowest BCUT2D eigenvalue weighted by Crippen LogP contribution is -2.23. The molecule has 1 amide bonds. The number of anilines is 1. The van der Waals surface area contributed by atoms with Crippen LogP contribution in [0, 0.1) is 6.92 Å². The minimum absolute atomic E-state index is 0.0523. The van der Waals surface area contributed by atoms with Crippen molar-refractivity contribution in [2.75, 3.05) is 11.9 Å². The number of nitrogens with one attached hydrogen (secondary N) is 2. The molecule has 27 heavy (non-hydrogen) atoms. The third-order valence-corrected chi connectivity index (χ3v) is 6.11. The molecule has 8 heteroatoms. The maximum absolute atomic E-state index is 12.5. The fraction of sp³-hybridized carbons (Fsp3) is 0.158. The largest absolute Gasteiger partial charge is 0.298 e. The van der Waals surface area contributed by atoms with Crippen molar-refractivity contribution >= 4 is 32.4 Å². The van der Waals surface area contributed by atoms with Gasteiger partial charge >= 0.3 is 0 Å². The molecule has 6 nitrogen and oxygen atoms in total. The van der Waals surface area contributed by atoms with Crippen LogP contribution < -0.4 is 10.0 Å². The topological polar surface area (TPSA) is 88.2 Å². The lowest BCUT2D eigenvalue weighted by atomic mass is 10.1. The second kappa shape index (κ2) is 7.99. The minimum Gasteiger partial charge on any atom is -0.298 e. The van der Waals surface area contributed by atoms with Crippen molar-refractivity contribution < 1.29 is 13.2 Å². The Balaban J connectivity index is 1.77. The van der Waals surface area contributed by atoms with Crippen molar-refractivity contribution in [2.45, 2.75) is 18.7 Å². The predicted molar refractivity (Wildman–Crippen MR) is 108 cm³/mol. The molecule has 0 radical (unpaired) electrons. The van der Waals surface area contributed by atoms with Gasteiger partial charge in [0.1, 0.15) is 0 Å². The van der Waals surface area contributed by atoms with Crippen LogP contribution in [-0.2, 0) is 10.0 Å². The van der Waals surface area contributed by atoms with Crippen LogP contribution in [0.25, 0.3) is 11.3 Å². The number of carbonyl (C=O) groups is 1. The first-order valence-corrected chi connectivity index (χ1v) is 10.7. The lowest BCUT2D eigenvalue weighted by Gasteiger charge is -2.07. The standard InChI is InChI=1S/C19H19N3O3S2/c1-3-20-27(24,25)16-6-4-5-15(11-16)18(23)22-19-21-17(12-26-19)14-9-7-13(2)8-10-14/h4-12,20H,3H2,1-2H3,(H,21,22,23). The van der Waals surface area contributed by atoms with Crippen molar-refractivity contribution in [3.8, 4) is 11.3 Å². The van der Waals surface area contributed by atoms with E-state index in [-0.39, 0.29) is 17.0 Å². The zero-order valence-electron chi connectivity index (χ0n) is 14.9. The van der Waals surface area contributed by atoms with E-state index in [4.69, 9.17) is 0 Å². The average molecular weight is 402 g/mol. The predicted octanol–water partition coefficient (Wildman–Crippen LogP) is 3.67. The van der Waals surface area contributed by atoms with Crippen LogP contribution in [0.15, 0.2) is 58.8 Å². The molecule has 0 spiro atoms. The van der Waals surface area contributed by atoms with Crippen molar-refractivity contribution in [1.29, 1.82) is 0 Å². The van der Waals surface area contributed by atoms with Crippen LogP contribution in [0.4, 0.5) is 5.13 Å². The molecule has 1 heterocycles. The van der Waals surface area contributed by atoms with Gasteiger partial charge < -0.3 is 0 Å². The third-order valence-electron chi connectivity index (χ3n) is 3.81. The third kappa shape index (κ3) is 4.60. The Kier molecular flexibility index (Phi) is 5.69. The van der Waals surface area contributed by atoms with E-state index < -0.39 is 15.9 Å². The van der Waals surface area contributed by atoms with Gasteiger partial charge in [-0.2, -0.15) is 0 Å². The number of benzene rings is 2. The van der Waals surface area contributed by atoms with Crippen LogP contribution in [0.5, 0.6) is 0 Å². The number of amides is 1. The molecule has 0 saturated heterocycles. The van der Waals surface area contributed by atoms with Crippen molar-refractivity contribution in [3.05, 3.63) is 65.0 Å². The molecule has 0 fully saturated rings. The molecule has 0 saturated carbocycles. The van der Waals surface area contributed by atoms with Crippen LogP contribution in [-0.4, -0.2) is 25.9 Å². The second-order valence-electron chi connectivity index (χ2n) is 5.89. The first-order valence-electron chi connectivity index (χ1n) is 8.32. The number of sulfonamides is 1. The Labute approximate surface area is 162 Å². The van der Waals surface area contributed by atoms with E-state index in [9.17, 15) is 13.2 Å². The molecule has 0 aliphatic carbocycles. The van der Waals surface area contributed by atoms with Gasteiger partial charge in [0, 0.05) is 23.1 Å². The van der Waals surface area contributed by atoms with Crippen molar-refractivity contribution in [1.82, 2.24) is 9.71 Å². The van der Waals surface area contributed by atoms with Gasteiger partial charge in [0.15, 0.2) is 5.13 Å². The summed E-state index contributed by atoms with van der Waals surface area (Å²) in [7, 11) is -3.62. The smallest absolute Gasteiger partial charge is 0.257 e. The first-order chi connectivity index (χ1) is 12.9. The Hall–Kier alpha value is -2.55. The molecular weight excluding hydrogens is 382 g/mol. The number of thiazole rings is 1. The van der Waals surface area contributed by atoms with E-state index in [1.807, 2.05) is 36.6 Å². The molecule has 3 rings (SSSR count). The Morgan fingerprint density at radius 1 is 1.15 bits per heavy atom. The van der Waals surface area contributed by atoms with Crippen LogP contribution in [0.2, 0.25) is 0 Å². The van der Waals surface area contributed by atoms with E-state index >= 15 is 0 Å². The summed E-state index contributed by atoms with van der Waals surface area (Å²) < 4.78 is 26.6. The SMILES string of the molecule is CCNS(=O)(=O)c1cccc(C(=O)Nc2nc(-c3ccc(C)cc3)cs2)c1. The zero-order chi connectivity index (χ0) is 19.4. The van der Waals surface area contributed by atoms with E-state index in [2.05, 4.69) is 15.0 Å². The highest BCUT2D eigenvalue weighted by Crippen LogP contribution is 2.25. The molecular formula is C19H19N3O3S2. The maximum atomic E-state index is 12.5. The Bertz CT molecular complexity index is 1060. The normalized spacial score (nSPS) is 11.3. The molecule has 2 aromatic carbocycles. The number of hydrogen-bond acceptors (Lipinski definition) is 5. The van der Waals surface area contributed by atoms with Crippen molar-refractivity contribution in [3.63, 3.8) is 0 Å². The van der Waals surface area contributed by atoms with Crippen LogP contribution in [0.3, 0.4) is 0 Å². The summed E-state index contributed by atoms with van der Waals surface area (Å²) in [4.78, 5) is 17.0. The summed E-state index contributed by atoms with van der Waals surface area (Å²) >= 11 is 1.32. The van der Waals surface area contributed by atoms with E-state index in [1.165, 1.54) is 23.5 Å². The van der Waals surface area contributed by atoms with Crippen molar-refractivity contribution in [2.24, 2.45) is 0 Å². The molecule has 3 aromatic rings. The lowest BCUT2D eigenvalue weighted by molar-refractivity contribution is 0.102. The van der Waals surface area contributed by atoms with Gasteiger partial charge in [0.05, 0.1) is 10.6 Å². The Morgan fingerprint density at radius 3 is 2.59 bits per heavy atom. The van der Waals surface area contributed by atoms with Gasteiger partial charge in [0.2, 0.25) is 10.0 Å². The summed E-state index contributed by atoms with van der Waals surface area (Å²) in [5.74, 6) is -0.409. The molecule has 1 aromatic heterocycles. The highest BCUT2D eigenvalue weighted by atomic mass is 32.2. The number of rotatable bonds is 6. The molecule has 0 bridgehead atoms. The number of hydrogen-bond donors (Lipinski definition) is 2. The number of nitrogens with zero attached hydrogens (tertiary/aromatic N) is 1. The summed E-state index contributed by atoms with van der Waals surface area (Å²) in [6.07, 6.45) is 0. The molecule has 0 unspecified atom stereocenters. The zero-order valence-corrected chi connectivity index (χ0v) is 16.5. The van der Waals surface area contributed by atoms with Crippen LogP contribution >= 0.6 is 11.3 Å². The van der Waals surface area contributed by atoms with E-state index in [0.29, 0.717) is 5.13 Å². The van der Waals surface area contributed by atoms with E-state index in [0.717, 1.165) is 16.8 Å². The second-order valence-corrected chi connectivity index (χ2v) is 8.51. The van der Waals surface area contributed by atoms with E-state index in [1.54, 1.807) is 19.1 Å². The monoisotopic (exact) mass is 401 g/mol. The average Bonchev–Trinajstić information content (AvgIpc) is 3.11. The molecule has 0 atom stereocenters. The Morgan fingerprint density at radius 2 is 1.89 bits per heavy atom. The molecule has 0 aliphatic rings. The summed E-state index contributed by atoms with van der Waals surface area (Å²) in [6.45, 7) is 3.99. The summed E-state index contributed by atoms with van der Waals surface area (Å²) in [6, 6.07) is 13.9. The first kappa shape index (κ1) is 19.2. The van der Waals surface area contributed by atoms with Gasteiger partial charge in [0.25, 0.3) is 5.91 Å². The number of aromatic nitrogens is 1. The quantitative estimate of drug-likeness (QED) is 0.660. The van der Waals surface area contributed by atoms with Gasteiger partial charge in [-0.15, -0.1) is 11.3 Å². The molecule has 140 valence electrons. The van der Waals surface area contributed by atoms with Gasteiger partial charge in [-0.25, -0.2) is 18.1 Å². The number of carbonyl (C=O) groups excluding carboxylic acids is 1. The fourth-order valence-electron chi connectivity index (χ4n) is 2.44. The van der Waals surface area contributed by atoms with Gasteiger partial charge in [-0.3, -0.25) is 10.1 Å². The molecule has 0 aliphatic heterocycles. The highest BCUT2D eigenvalue weighted by molar-refractivity contribution is 7.89. The van der Waals surface area contributed by atoms with Crippen LogP contribution in [0.1, 0.15) is 22.8 Å². The van der Waals surface area contributed by atoms with Gasteiger partial charge in [-0.1, -0.05) is 42.8 Å². The molecule has 2 N–H and O–H groups in total. The summed E-state index contributed by atoms with van der Waals surface area (Å²) in [5, 5.41) is 5.05. The highest BCUT2D eigenvalue weighted by Gasteiger charge is 2.16.